The third kappa shape index (κ3) is 3.72. The van der Waals surface area contributed by atoms with Crippen molar-refractivity contribution in [1.29, 1.82) is 0 Å². The average molecular weight is 356 g/mol. The van der Waals surface area contributed by atoms with E-state index in [4.69, 9.17) is 0 Å². The highest BCUT2D eigenvalue weighted by Gasteiger charge is 2.18. The first kappa shape index (κ1) is 16.6. The maximum atomic E-state index is 12.9. The summed E-state index contributed by atoms with van der Waals surface area (Å²) in [5.74, 6) is 0.541. The van der Waals surface area contributed by atoms with Crippen LogP contribution >= 0.6 is 0 Å². The molecule has 0 radical (unpaired) electrons. The quantitative estimate of drug-likeness (QED) is 0.591. The topological polar surface area (TPSA) is 85.6 Å². The highest BCUT2D eigenvalue weighted by atomic mass is 16.2. The van der Waals surface area contributed by atoms with Crippen LogP contribution in [0.4, 0.5) is 5.95 Å². The Bertz CT molecular complexity index is 1030. The number of hydrogen-bond donors (Lipinski definition) is 1. The lowest BCUT2D eigenvalue weighted by atomic mass is 10.2. The Labute approximate surface area is 155 Å². The fraction of sp³-hybridized carbons (Fsp3) is 0.0500. The predicted molar refractivity (Wildman–Crippen MR) is 101 cm³/mol. The maximum absolute atomic E-state index is 12.9. The lowest BCUT2D eigenvalue weighted by molar-refractivity contribution is 0.0947. The Morgan fingerprint density at radius 1 is 0.926 bits per heavy atom. The Balaban J connectivity index is 1.69. The number of benzene rings is 1. The second kappa shape index (κ2) is 7.57. The number of nitrogens with one attached hydrogen (secondary N) is 1. The minimum atomic E-state index is -0.257. The number of pyridine rings is 2. The molecular formula is C20H16N6O. The van der Waals surface area contributed by atoms with E-state index in [0.29, 0.717) is 23.9 Å². The molecule has 4 aromatic rings. The summed E-state index contributed by atoms with van der Waals surface area (Å²) in [6.07, 6.45) is 6.81. The summed E-state index contributed by atoms with van der Waals surface area (Å²) < 4.78 is 1.29. The van der Waals surface area contributed by atoms with E-state index in [-0.39, 0.29) is 5.91 Å². The molecule has 4 rings (SSSR count). The zero-order valence-corrected chi connectivity index (χ0v) is 14.4. The van der Waals surface area contributed by atoms with Crippen LogP contribution in [-0.4, -0.2) is 30.6 Å². The molecule has 0 spiro atoms. The monoisotopic (exact) mass is 356 g/mol. The molecule has 7 nitrogen and oxygen atoms in total. The van der Waals surface area contributed by atoms with Gasteiger partial charge in [-0.2, -0.15) is 9.67 Å². The molecule has 0 amide bonds. The summed E-state index contributed by atoms with van der Waals surface area (Å²) in [5.41, 5.74) is 2.24. The average Bonchev–Trinajstić information content (AvgIpc) is 3.18. The molecule has 0 fully saturated rings. The molecule has 3 heterocycles. The third-order valence-corrected chi connectivity index (χ3v) is 3.91. The van der Waals surface area contributed by atoms with E-state index < -0.39 is 0 Å². The SMILES string of the molecule is O=C(c1ccccc1)n1nc(-c2cccnc2)nc1NCc1cccnc1. The first-order chi connectivity index (χ1) is 13.3. The minimum absolute atomic E-state index is 0.257. The minimum Gasteiger partial charge on any atom is -0.350 e. The van der Waals surface area contributed by atoms with Gasteiger partial charge in [-0.25, -0.2) is 0 Å². The van der Waals surface area contributed by atoms with Crippen molar-refractivity contribution in [2.45, 2.75) is 6.54 Å². The van der Waals surface area contributed by atoms with Gasteiger partial charge in [0.15, 0.2) is 5.82 Å². The van der Waals surface area contributed by atoms with Crippen LogP contribution in [0.2, 0.25) is 0 Å². The van der Waals surface area contributed by atoms with Gasteiger partial charge in [0.25, 0.3) is 5.91 Å². The van der Waals surface area contributed by atoms with Gasteiger partial charge in [0.05, 0.1) is 0 Å². The fourth-order valence-corrected chi connectivity index (χ4v) is 2.57. The van der Waals surface area contributed by atoms with Gasteiger partial charge in [-0.3, -0.25) is 14.8 Å². The summed E-state index contributed by atoms with van der Waals surface area (Å²) in [4.78, 5) is 25.6. The molecule has 1 N–H and O–H groups in total. The van der Waals surface area contributed by atoms with Gasteiger partial charge >= 0.3 is 0 Å². The summed E-state index contributed by atoms with van der Waals surface area (Å²) in [6.45, 7) is 0.473. The molecule has 3 aromatic heterocycles. The van der Waals surface area contributed by atoms with Crippen molar-refractivity contribution in [2.24, 2.45) is 0 Å². The summed E-state index contributed by atoms with van der Waals surface area (Å²) in [5, 5.41) is 7.59. The molecular weight excluding hydrogens is 340 g/mol. The van der Waals surface area contributed by atoms with Gasteiger partial charge in [-0.05, 0) is 35.9 Å². The van der Waals surface area contributed by atoms with Crippen molar-refractivity contribution < 1.29 is 4.79 Å². The Hall–Kier alpha value is -3.87. The number of anilines is 1. The number of rotatable bonds is 5. The molecule has 0 aliphatic carbocycles. The Morgan fingerprint density at radius 3 is 2.41 bits per heavy atom. The maximum Gasteiger partial charge on any atom is 0.281 e. The lowest BCUT2D eigenvalue weighted by Crippen LogP contribution is -2.17. The summed E-state index contributed by atoms with van der Waals surface area (Å²) in [7, 11) is 0. The number of carbonyl (C=O) groups excluding carboxylic acids is 1. The van der Waals surface area contributed by atoms with Crippen LogP contribution in [0.15, 0.2) is 79.4 Å². The molecule has 0 aliphatic rings. The second-order valence-electron chi connectivity index (χ2n) is 5.80. The van der Waals surface area contributed by atoms with E-state index in [9.17, 15) is 4.79 Å². The molecule has 0 bridgehead atoms. The first-order valence-electron chi connectivity index (χ1n) is 8.41. The standard InChI is InChI=1S/C20H16N6O/c27-19(16-7-2-1-3-8-16)26-20(23-13-15-6-4-10-21-12-15)24-18(25-26)17-9-5-11-22-14-17/h1-12,14H,13H2,(H,23,24,25). The molecule has 132 valence electrons. The van der Waals surface area contributed by atoms with Gasteiger partial charge in [-0.15, -0.1) is 5.10 Å². The van der Waals surface area contributed by atoms with Crippen molar-refractivity contribution >= 4 is 11.9 Å². The van der Waals surface area contributed by atoms with E-state index in [1.807, 2.05) is 36.4 Å². The van der Waals surface area contributed by atoms with Gasteiger partial charge < -0.3 is 5.32 Å². The van der Waals surface area contributed by atoms with Crippen LogP contribution in [0.3, 0.4) is 0 Å². The van der Waals surface area contributed by atoms with E-state index in [1.165, 1.54) is 4.68 Å². The molecule has 7 heteroatoms. The van der Waals surface area contributed by atoms with Crippen LogP contribution in [0.5, 0.6) is 0 Å². The van der Waals surface area contributed by atoms with E-state index in [0.717, 1.165) is 11.1 Å². The highest BCUT2D eigenvalue weighted by Crippen LogP contribution is 2.18. The number of nitrogens with zero attached hydrogens (tertiary/aromatic N) is 5. The molecule has 0 saturated heterocycles. The van der Waals surface area contributed by atoms with Gasteiger partial charge in [0.1, 0.15) is 0 Å². The third-order valence-electron chi connectivity index (χ3n) is 3.91. The van der Waals surface area contributed by atoms with Gasteiger partial charge in [0.2, 0.25) is 5.95 Å². The zero-order valence-electron chi connectivity index (χ0n) is 14.4. The molecule has 0 saturated carbocycles. The van der Waals surface area contributed by atoms with Crippen molar-refractivity contribution in [3.63, 3.8) is 0 Å². The van der Waals surface area contributed by atoms with Crippen molar-refractivity contribution in [3.05, 3.63) is 90.5 Å². The van der Waals surface area contributed by atoms with Crippen LogP contribution in [0.25, 0.3) is 11.4 Å². The smallest absolute Gasteiger partial charge is 0.281 e. The van der Waals surface area contributed by atoms with Crippen molar-refractivity contribution in [2.75, 3.05) is 5.32 Å². The van der Waals surface area contributed by atoms with Crippen LogP contribution < -0.4 is 5.32 Å². The second-order valence-corrected chi connectivity index (χ2v) is 5.80. The highest BCUT2D eigenvalue weighted by molar-refractivity contribution is 5.97. The molecule has 1 aromatic carbocycles. The molecule has 27 heavy (non-hydrogen) atoms. The van der Waals surface area contributed by atoms with E-state index >= 15 is 0 Å². The van der Waals surface area contributed by atoms with Crippen molar-refractivity contribution in [1.82, 2.24) is 24.7 Å². The largest absolute Gasteiger partial charge is 0.350 e. The van der Waals surface area contributed by atoms with Gasteiger partial charge in [-0.1, -0.05) is 24.3 Å². The number of hydrogen-bond acceptors (Lipinski definition) is 6. The summed E-state index contributed by atoms with van der Waals surface area (Å²) >= 11 is 0. The number of carbonyl (C=O) groups is 1. The van der Waals surface area contributed by atoms with Crippen LogP contribution in [0.1, 0.15) is 15.9 Å². The molecule has 0 atom stereocenters. The van der Waals surface area contributed by atoms with Gasteiger partial charge in [0, 0.05) is 42.5 Å². The molecule has 0 unspecified atom stereocenters. The van der Waals surface area contributed by atoms with Crippen LogP contribution in [-0.2, 0) is 6.54 Å². The Kier molecular flexibility index (Phi) is 4.65. The van der Waals surface area contributed by atoms with Crippen molar-refractivity contribution in [3.8, 4) is 11.4 Å². The fourth-order valence-electron chi connectivity index (χ4n) is 2.57. The summed E-state index contributed by atoms with van der Waals surface area (Å²) in [6, 6.07) is 16.4. The zero-order chi connectivity index (χ0) is 18.5. The van der Waals surface area contributed by atoms with Crippen LogP contribution in [0, 0.1) is 0 Å². The molecule has 0 aliphatic heterocycles. The lowest BCUT2D eigenvalue weighted by Gasteiger charge is -2.07. The Morgan fingerprint density at radius 2 is 1.70 bits per heavy atom. The number of aromatic nitrogens is 5. The normalized spacial score (nSPS) is 10.5. The van der Waals surface area contributed by atoms with E-state index in [2.05, 4.69) is 25.4 Å². The predicted octanol–water partition coefficient (Wildman–Crippen LogP) is 3.04. The first-order valence-corrected chi connectivity index (χ1v) is 8.41. The van der Waals surface area contributed by atoms with E-state index in [1.54, 1.807) is 43.0 Å².